The van der Waals surface area contributed by atoms with Crippen LogP contribution in [-0.4, -0.2) is 32.6 Å². The van der Waals surface area contributed by atoms with Gasteiger partial charge in [0.15, 0.2) is 0 Å². The molecule has 1 fully saturated rings. The highest BCUT2D eigenvalue weighted by Gasteiger charge is 2.28. The maximum atomic E-state index is 12.8. The van der Waals surface area contributed by atoms with Crippen molar-refractivity contribution >= 4 is 29.2 Å². The number of pyridine rings is 1. The zero-order valence-electron chi connectivity index (χ0n) is 16.7. The summed E-state index contributed by atoms with van der Waals surface area (Å²) in [5.74, 6) is 0.794. The summed E-state index contributed by atoms with van der Waals surface area (Å²) in [7, 11) is 0. The third-order valence-electron chi connectivity index (χ3n) is 5.82. The van der Waals surface area contributed by atoms with Crippen molar-refractivity contribution in [3.63, 3.8) is 0 Å². The number of anilines is 1. The van der Waals surface area contributed by atoms with E-state index in [0.29, 0.717) is 23.2 Å². The lowest BCUT2D eigenvalue weighted by Crippen LogP contribution is -2.40. The summed E-state index contributed by atoms with van der Waals surface area (Å²) < 4.78 is 2.03. The number of fused-ring (bicyclic) bond motifs is 1. The predicted octanol–water partition coefficient (Wildman–Crippen LogP) is 3.42. The van der Waals surface area contributed by atoms with Crippen LogP contribution < -0.4 is 10.6 Å². The molecular formula is C21H26ClN5O2. The summed E-state index contributed by atoms with van der Waals surface area (Å²) in [5.41, 5.74) is 3.01. The van der Waals surface area contributed by atoms with Crippen molar-refractivity contribution in [1.82, 2.24) is 20.1 Å². The SMILES string of the molecule is CC(=O)NC1CCCC(C(=O)Nc2cc(-c3cnn4c3CC(C)C4)c(Cl)cn2)C1. The van der Waals surface area contributed by atoms with Gasteiger partial charge in [-0.2, -0.15) is 5.10 Å². The summed E-state index contributed by atoms with van der Waals surface area (Å²) in [5, 5.41) is 10.9. The lowest BCUT2D eigenvalue weighted by molar-refractivity contribution is -0.123. The number of amides is 2. The highest BCUT2D eigenvalue weighted by Crippen LogP contribution is 2.35. The molecule has 3 heterocycles. The van der Waals surface area contributed by atoms with Crippen LogP contribution in [0.25, 0.3) is 11.1 Å². The van der Waals surface area contributed by atoms with Gasteiger partial charge in [0.05, 0.1) is 11.2 Å². The molecule has 1 saturated carbocycles. The minimum atomic E-state index is -0.136. The molecule has 2 aromatic heterocycles. The molecule has 1 aliphatic heterocycles. The van der Waals surface area contributed by atoms with Gasteiger partial charge >= 0.3 is 0 Å². The standard InChI is InChI=1S/C21H26ClN5O2/c1-12-6-19-17(9-24-27(19)11-12)16-8-20(23-10-18(16)22)26-21(29)14-4-3-5-15(7-14)25-13(2)28/h8-10,12,14-15H,3-7,11H2,1-2H3,(H,25,28)(H,23,26,29). The second-order valence-electron chi connectivity index (χ2n) is 8.30. The molecule has 0 radical (unpaired) electrons. The van der Waals surface area contributed by atoms with E-state index < -0.39 is 0 Å². The molecule has 2 aromatic rings. The maximum Gasteiger partial charge on any atom is 0.228 e. The van der Waals surface area contributed by atoms with E-state index in [-0.39, 0.29) is 23.8 Å². The molecule has 2 N–H and O–H groups in total. The monoisotopic (exact) mass is 415 g/mol. The number of halogens is 1. The number of nitrogens with one attached hydrogen (secondary N) is 2. The Bertz CT molecular complexity index is 941. The van der Waals surface area contributed by atoms with E-state index in [0.717, 1.165) is 43.4 Å². The third kappa shape index (κ3) is 4.29. The van der Waals surface area contributed by atoms with E-state index in [2.05, 4.69) is 27.6 Å². The lowest BCUT2D eigenvalue weighted by Gasteiger charge is -2.28. The van der Waals surface area contributed by atoms with Crippen molar-refractivity contribution in [3.8, 4) is 11.1 Å². The average Bonchev–Trinajstić information content (AvgIpc) is 3.22. The fourth-order valence-electron chi connectivity index (χ4n) is 4.49. The van der Waals surface area contributed by atoms with Crippen LogP contribution in [0.1, 0.15) is 45.2 Å². The van der Waals surface area contributed by atoms with Crippen molar-refractivity contribution < 1.29 is 9.59 Å². The van der Waals surface area contributed by atoms with Gasteiger partial charge in [-0.1, -0.05) is 24.9 Å². The van der Waals surface area contributed by atoms with Gasteiger partial charge in [-0.3, -0.25) is 14.3 Å². The highest BCUT2D eigenvalue weighted by molar-refractivity contribution is 6.33. The number of hydrogen-bond donors (Lipinski definition) is 2. The van der Waals surface area contributed by atoms with Crippen LogP contribution in [0, 0.1) is 11.8 Å². The second kappa shape index (κ2) is 8.14. The van der Waals surface area contributed by atoms with Gasteiger partial charge in [0.25, 0.3) is 0 Å². The van der Waals surface area contributed by atoms with Crippen LogP contribution in [0.15, 0.2) is 18.5 Å². The van der Waals surface area contributed by atoms with Gasteiger partial charge < -0.3 is 10.6 Å². The van der Waals surface area contributed by atoms with Gasteiger partial charge in [-0.15, -0.1) is 0 Å². The quantitative estimate of drug-likeness (QED) is 0.800. The minimum absolute atomic E-state index is 0.0527. The van der Waals surface area contributed by atoms with Crippen LogP contribution in [0.2, 0.25) is 5.02 Å². The van der Waals surface area contributed by atoms with Gasteiger partial charge in [-0.05, 0) is 37.7 Å². The molecule has 2 aliphatic rings. The van der Waals surface area contributed by atoms with Crippen molar-refractivity contribution in [3.05, 3.63) is 29.2 Å². The van der Waals surface area contributed by atoms with Crippen LogP contribution in [0.3, 0.4) is 0 Å². The zero-order chi connectivity index (χ0) is 20.5. The fourth-order valence-corrected chi connectivity index (χ4v) is 4.69. The first-order chi connectivity index (χ1) is 13.9. The molecule has 3 unspecified atom stereocenters. The summed E-state index contributed by atoms with van der Waals surface area (Å²) in [6.45, 7) is 4.63. The Labute approximate surface area is 175 Å². The van der Waals surface area contributed by atoms with Crippen LogP contribution in [-0.2, 0) is 22.6 Å². The molecule has 0 saturated heterocycles. The Morgan fingerprint density at radius 2 is 2.07 bits per heavy atom. The fraction of sp³-hybridized carbons (Fsp3) is 0.524. The zero-order valence-corrected chi connectivity index (χ0v) is 17.5. The molecular weight excluding hydrogens is 390 g/mol. The van der Waals surface area contributed by atoms with Gasteiger partial charge in [0.1, 0.15) is 5.82 Å². The number of rotatable bonds is 4. The topological polar surface area (TPSA) is 88.9 Å². The molecule has 2 amide bonds. The summed E-state index contributed by atoms with van der Waals surface area (Å²) in [6.07, 6.45) is 7.68. The minimum Gasteiger partial charge on any atom is -0.354 e. The Kier molecular flexibility index (Phi) is 5.58. The van der Waals surface area contributed by atoms with E-state index in [4.69, 9.17) is 11.6 Å². The largest absolute Gasteiger partial charge is 0.354 e. The Balaban J connectivity index is 1.50. The number of aromatic nitrogens is 3. The van der Waals surface area contributed by atoms with Gasteiger partial charge in [0.2, 0.25) is 11.8 Å². The molecule has 29 heavy (non-hydrogen) atoms. The second-order valence-corrected chi connectivity index (χ2v) is 8.70. The highest BCUT2D eigenvalue weighted by atomic mass is 35.5. The Morgan fingerprint density at radius 3 is 2.86 bits per heavy atom. The molecule has 0 spiro atoms. The summed E-state index contributed by atoms with van der Waals surface area (Å²) in [4.78, 5) is 28.4. The molecule has 8 heteroatoms. The molecule has 7 nitrogen and oxygen atoms in total. The number of carbonyl (C=O) groups is 2. The Hall–Kier alpha value is -2.41. The third-order valence-corrected chi connectivity index (χ3v) is 6.13. The summed E-state index contributed by atoms with van der Waals surface area (Å²) in [6, 6.07) is 1.89. The van der Waals surface area contributed by atoms with Crippen molar-refractivity contribution in [2.75, 3.05) is 5.32 Å². The van der Waals surface area contributed by atoms with E-state index in [1.807, 2.05) is 16.9 Å². The number of hydrogen-bond acceptors (Lipinski definition) is 4. The van der Waals surface area contributed by atoms with E-state index in [9.17, 15) is 9.59 Å². The Morgan fingerprint density at radius 1 is 1.24 bits per heavy atom. The first-order valence-corrected chi connectivity index (χ1v) is 10.6. The molecule has 0 bridgehead atoms. The molecule has 1 aliphatic carbocycles. The first-order valence-electron chi connectivity index (χ1n) is 10.2. The van der Waals surface area contributed by atoms with E-state index in [1.165, 1.54) is 12.6 Å². The summed E-state index contributed by atoms with van der Waals surface area (Å²) >= 11 is 6.43. The van der Waals surface area contributed by atoms with Gasteiger partial charge in [0, 0.05) is 48.4 Å². The predicted molar refractivity (Wildman–Crippen MR) is 112 cm³/mol. The maximum absolute atomic E-state index is 12.8. The lowest BCUT2D eigenvalue weighted by atomic mass is 9.85. The first kappa shape index (κ1) is 19.9. The smallest absolute Gasteiger partial charge is 0.228 e. The van der Waals surface area contributed by atoms with E-state index in [1.54, 1.807) is 6.20 Å². The van der Waals surface area contributed by atoms with E-state index >= 15 is 0 Å². The normalized spacial score (nSPS) is 23.5. The average molecular weight is 416 g/mol. The van der Waals surface area contributed by atoms with Crippen LogP contribution in [0.4, 0.5) is 5.82 Å². The molecule has 4 rings (SSSR count). The molecule has 0 aromatic carbocycles. The van der Waals surface area contributed by atoms with Crippen molar-refractivity contribution in [2.45, 2.75) is 58.5 Å². The number of carbonyl (C=O) groups excluding carboxylic acids is 2. The van der Waals surface area contributed by atoms with Gasteiger partial charge in [-0.25, -0.2) is 4.98 Å². The molecule has 3 atom stereocenters. The van der Waals surface area contributed by atoms with Crippen LogP contribution in [0.5, 0.6) is 0 Å². The van der Waals surface area contributed by atoms with Crippen molar-refractivity contribution in [1.29, 1.82) is 0 Å². The number of nitrogens with zero attached hydrogens (tertiary/aromatic N) is 3. The van der Waals surface area contributed by atoms with Crippen molar-refractivity contribution in [2.24, 2.45) is 11.8 Å². The molecule has 154 valence electrons. The van der Waals surface area contributed by atoms with Crippen LogP contribution >= 0.6 is 11.6 Å².